The number of hydrogen-bond donors (Lipinski definition) is 1. The summed E-state index contributed by atoms with van der Waals surface area (Å²) < 4.78 is 5.24. The number of hydrogen-bond acceptors (Lipinski definition) is 8. The van der Waals surface area contributed by atoms with Gasteiger partial charge in [0.05, 0.1) is 5.92 Å². The Morgan fingerprint density at radius 3 is 2.36 bits per heavy atom. The Hall–Kier alpha value is -2.42. The molecule has 0 saturated heterocycles. The number of nitrogens with zero attached hydrogens (tertiary/aromatic N) is 1. The van der Waals surface area contributed by atoms with Crippen molar-refractivity contribution in [2.75, 3.05) is 0 Å². The minimum atomic E-state index is -0.876. The van der Waals surface area contributed by atoms with Gasteiger partial charge in [0.1, 0.15) is 11.7 Å². The molecule has 28 heavy (non-hydrogen) atoms. The van der Waals surface area contributed by atoms with Gasteiger partial charge in [0.15, 0.2) is 0 Å². The first-order valence-electron chi connectivity index (χ1n) is 9.48. The lowest BCUT2D eigenvalue weighted by molar-refractivity contribution is -0.331. The first kappa shape index (κ1) is 23.6. The minimum Gasteiger partial charge on any atom is -0.446 e. The van der Waals surface area contributed by atoms with Crippen LogP contribution in [-0.4, -0.2) is 40.6 Å². The molecule has 0 aromatic heterocycles. The van der Waals surface area contributed by atoms with Crippen molar-refractivity contribution < 1.29 is 33.7 Å². The molecule has 0 aromatic rings. The van der Waals surface area contributed by atoms with Gasteiger partial charge in [-0.2, -0.15) is 4.89 Å². The summed E-state index contributed by atoms with van der Waals surface area (Å²) in [6.07, 6.45) is 4.46. The van der Waals surface area contributed by atoms with E-state index in [4.69, 9.17) is 24.8 Å². The standard InChI is InChI=1S/C19H30N2O7/c1-6-8-9-14(7-2)17(24)27-28-19(4,5)12-13(3)25-18(20)26-21-15(22)10-11-16(21)23/h10-11,13-14,20H,6-9,12H2,1-5H3. The van der Waals surface area contributed by atoms with Gasteiger partial charge < -0.3 is 9.57 Å². The fraction of sp³-hybridized carbons (Fsp3) is 0.684. The molecule has 158 valence electrons. The largest absolute Gasteiger partial charge is 0.446 e. The van der Waals surface area contributed by atoms with Crippen LogP contribution in [0.3, 0.4) is 0 Å². The van der Waals surface area contributed by atoms with Gasteiger partial charge in [0.25, 0.3) is 11.8 Å². The van der Waals surface area contributed by atoms with Crippen LogP contribution < -0.4 is 0 Å². The molecule has 0 radical (unpaired) electrons. The number of nitrogens with one attached hydrogen (secondary N) is 1. The van der Waals surface area contributed by atoms with E-state index in [-0.39, 0.29) is 12.3 Å². The topological polar surface area (TPSA) is 115 Å². The molecular formula is C19H30N2O7. The van der Waals surface area contributed by atoms with Crippen molar-refractivity contribution in [1.82, 2.24) is 5.06 Å². The van der Waals surface area contributed by atoms with Crippen LogP contribution in [0.1, 0.15) is 66.7 Å². The number of unbranched alkanes of at least 4 members (excludes halogenated alkanes) is 1. The zero-order valence-corrected chi connectivity index (χ0v) is 17.1. The molecule has 0 bridgehead atoms. The van der Waals surface area contributed by atoms with Crippen molar-refractivity contribution in [3.8, 4) is 0 Å². The molecule has 1 heterocycles. The summed E-state index contributed by atoms with van der Waals surface area (Å²) in [7, 11) is 0. The lowest BCUT2D eigenvalue weighted by Crippen LogP contribution is -2.36. The highest BCUT2D eigenvalue weighted by Gasteiger charge is 2.31. The zero-order chi connectivity index (χ0) is 21.3. The van der Waals surface area contributed by atoms with E-state index in [0.717, 1.165) is 31.4 Å². The Kier molecular flexibility index (Phi) is 9.11. The number of imide groups is 1. The second-order valence-electron chi connectivity index (χ2n) is 7.31. The van der Waals surface area contributed by atoms with E-state index >= 15 is 0 Å². The Labute approximate surface area is 165 Å². The van der Waals surface area contributed by atoms with Crippen LogP contribution in [-0.2, 0) is 33.7 Å². The lowest BCUT2D eigenvalue weighted by Gasteiger charge is -2.27. The van der Waals surface area contributed by atoms with Gasteiger partial charge in [-0.05, 0) is 33.6 Å². The quantitative estimate of drug-likeness (QED) is 0.187. The number of amides is 2. The first-order chi connectivity index (χ1) is 13.1. The van der Waals surface area contributed by atoms with Crippen molar-refractivity contribution in [2.24, 2.45) is 5.92 Å². The monoisotopic (exact) mass is 398 g/mol. The normalized spacial score (nSPS) is 16.1. The van der Waals surface area contributed by atoms with E-state index in [0.29, 0.717) is 11.5 Å². The van der Waals surface area contributed by atoms with Crippen molar-refractivity contribution in [1.29, 1.82) is 5.41 Å². The third-order valence-corrected chi connectivity index (χ3v) is 4.11. The smallest absolute Gasteiger partial charge is 0.406 e. The number of carbonyl (C=O) groups is 3. The summed E-state index contributed by atoms with van der Waals surface area (Å²) >= 11 is 0. The molecule has 1 aliphatic heterocycles. The van der Waals surface area contributed by atoms with Gasteiger partial charge in [-0.3, -0.25) is 14.5 Å². The van der Waals surface area contributed by atoms with Gasteiger partial charge in [-0.1, -0.05) is 31.8 Å². The second-order valence-corrected chi connectivity index (χ2v) is 7.31. The number of carbonyl (C=O) groups excluding carboxylic acids is 3. The fourth-order valence-corrected chi connectivity index (χ4v) is 2.69. The van der Waals surface area contributed by atoms with Crippen molar-refractivity contribution in [3.63, 3.8) is 0 Å². The SMILES string of the molecule is CCCCC(CC)C(=O)OOC(C)(C)CC(C)OC(=N)ON1C(=O)C=CC1=O. The van der Waals surface area contributed by atoms with E-state index in [1.54, 1.807) is 20.8 Å². The lowest BCUT2D eigenvalue weighted by atomic mass is 10.00. The minimum absolute atomic E-state index is 0.199. The van der Waals surface area contributed by atoms with Crippen LogP contribution in [0.5, 0.6) is 0 Å². The summed E-state index contributed by atoms with van der Waals surface area (Å²) in [5.74, 6) is -1.97. The summed E-state index contributed by atoms with van der Waals surface area (Å²) in [6, 6.07) is 0. The molecule has 0 aliphatic carbocycles. The van der Waals surface area contributed by atoms with Crippen LogP contribution in [0.4, 0.5) is 0 Å². The average Bonchev–Trinajstić information content (AvgIpc) is 2.92. The number of rotatable bonds is 11. The van der Waals surface area contributed by atoms with E-state index < -0.39 is 35.6 Å². The molecular weight excluding hydrogens is 368 g/mol. The third kappa shape index (κ3) is 7.67. The number of hydroxylamine groups is 2. The third-order valence-electron chi connectivity index (χ3n) is 4.11. The number of ether oxygens (including phenoxy) is 1. The molecule has 2 unspecified atom stereocenters. The molecule has 2 amide bonds. The van der Waals surface area contributed by atoms with E-state index in [2.05, 4.69) is 6.92 Å². The highest BCUT2D eigenvalue weighted by atomic mass is 17.2. The van der Waals surface area contributed by atoms with Gasteiger partial charge >= 0.3 is 12.1 Å². The van der Waals surface area contributed by atoms with E-state index in [1.807, 2.05) is 6.92 Å². The predicted molar refractivity (Wildman–Crippen MR) is 99.5 cm³/mol. The summed E-state index contributed by atoms with van der Waals surface area (Å²) in [6.45, 7) is 9.09. The van der Waals surface area contributed by atoms with Gasteiger partial charge in [-0.25, -0.2) is 10.2 Å². The van der Waals surface area contributed by atoms with Crippen LogP contribution in [0.15, 0.2) is 12.2 Å². The van der Waals surface area contributed by atoms with Crippen molar-refractivity contribution >= 4 is 23.9 Å². The molecule has 1 rings (SSSR count). The predicted octanol–water partition coefficient (Wildman–Crippen LogP) is 3.04. The molecule has 0 saturated carbocycles. The van der Waals surface area contributed by atoms with Gasteiger partial charge in [0.2, 0.25) is 0 Å². The van der Waals surface area contributed by atoms with Crippen LogP contribution in [0.2, 0.25) is 0 Å². The van der Waals surface area contributed by atoms with Crippen molar-refractivity contribution in [3.05, 3.63) is 12.2 Å². The van der Waals surface area contributed by atoms with E-state index in [9.17, 15) is 14.4 Å². The maximum Gasteiger partial charge on any atom is 0.406 e. The van der Waals surface area contributed by atoms with Gasteiger partial charge in [-0.15, -0.1) is 0 Å². The zero-order valence-electron chi connectivity index (χ0n) is 17.1. The van der Waals surface area contributed by atoms with Crippen molar-refractivity contribution in [2.45, 2.75) is 78.4 Å². The summed E-state index contributed by atoms with van der Waals surface area (Å²) in [4.78, 5) is 50.1. The molecule has 0 fully saturated rings. The highest BCUT2D eigenvalue weighted by Crippen LogP contribution is 2.22. The Bertz CT molecular complexity index is 597. The Morgan fingerprint density at radius 1 is 1.21 bits per heavy atom. The second kappa shape index (κ2) is 10.8. The molecule has 0 spiro atoms. The summed E-state index contributed by atoms with van der Waals surface area (Å²) in [5, 5.41) is 8.07. The molecule has 0 aromatic carbocycles. The van der Waals surface area contributed by atoms with E-state index in [1.165, 1.54) is 0 Å². The highest BCUT2D eigenvalue weighted by molar-refractivity contribution is 6.12. The Balaban J connectivity index is 2.43. The molecule has 1 aliphatic rings. The Morgan fingerprint density at radius 2 is 1.82 bits per heavy atom. The molecule has 2 atom stereocenters. The molecule has 1 N–H and O–H groups in total. The van der Waals surface area contributed by atoms with Crippen LogP contribution >= 0.6 is 0 Å². The molecule has 9 nitrogen and oxygen atoms in total. The average molecular weight is 398 g/mol. The maximum absolute atomic E-state index is 12.1. The fourth-order valence-electron chi connectivity index (χ4n) is 2.69. The maximum atomic E-state index is 12.1. The molecule has 9 heteroatoms. The van der Waals surface area contributed by atoms with Crippen LogP contribution in [0.25, 0.3) is 0 Å². The first-order valence-corrected chi connectivity index (χ1v) is 9.48. The van der Waals surface area contributed by atoms with Crippen LogP contribution in [0, 0.1) is 11.3 Å². The van der Waals surface area contributed by atoms with Gasteiger partial charge in [0, 0.05) is 18.6 Å². The summed E-state index contributed by atoms with van der Waals surface area (Å²) in [5.41, 5.74) is -0.876.